The second-order valence-electron chi connectivity index (χ2n) is 8.11. The van der Waals surface area contributed by atoms with Gasteiger partial charge in [-0.3, -0.25) is 9.59 Å². The van der Waals surface area contributed by atoms with Crippen LogP contribution in [0.2, 0.25) is 0 Å². The van der Waals surface area contributed by atoms with E-state index in [0.717, 1.165) is 27.9 Å². The summed E-state index contributed by atoms with van der Waals surface area (Å²) in [7, 11) is 0. The summed E-state index contributed by atoms with van der Waals surface area (Å²) in [5, 5.41) is 7.94. The number of carboxylic acids is 1. The number of anilines is 1. The van der Waals surface area contributed by atoms with Crippen LogP contribution in [-0.2, 0) is 32.1 Å². The molecule has 0 aliphatic carbocycles. The monoisotopic (exact) mass is 478 g/mol. The standard InChI is InChI=1S/C23H21NO2.C4H6FNO3/c25-23-16-19-10-4-5-11-20(19)21-12-6-7-13-22(21)24(23)14-15-26-17-18-8-2-1-3-9-18;1-4(5,2(6)7)3(8)9/h1-13H,14-17H2;1H3,(H2,6,7)(H,8,9). The van der Waals surface area contributed by atoms with Gasteiger partial charge in [-0.05, 0) is 29.7 Å². The van der Waals surface area contributed by atoms with Crippen LogP contribution in [0.5, 0.6) is 0 Å². The Hall–Kier alpha value is -4.04. The number of alkyl halides is 1. The first-order valence-electron chi connectivity index (χ1n) is 11.0. The van der Waals surface area contributed by atoms with Crippen molar-refractivity contribution in [3.05, 3.63) is 90.0 Å². The second-order valence-corrected chi connectivity index (χ2v) is 8.11. The van der Waals surface area contributed by atoms with E-state index in [1.165, 1.54) is 0 Å². The quantitative estimate of drug-likeness (QED) is 0.397. The third-order valence-corrected chi connectivity index (χ3v) is 5.58. The van der Waals surface area contributed by atoms with Crippen molar-refractivity contribution in [3.8, 4) is 11.1 Å². The van der Waals surface area contributed by atoms with E-state index in [9.17, 15) is 18.8 Å². The number of aliphatic carboxylic acids is 1. The molecule has 1 heterocycles. The summed E-state index contributed by atoms with van der Waals surface area (Å²) in [5.41, 5.74) is 6.87. The van der Waals surface area contributed by atoms with Gasteiger partial charge in [0.2, 0.25) is 5.91 Å². The van der Waals surface area contributed by atoms with Gasteiger partial charge in [0, 0.05) is 12.1 Å². The van der Waals surface area contributed by atoms with Gasteiger partial charge in [0.1, 0.15) is 0 Å². The van der Waals surface area contributed by atoms with Crippen molar-refractivity contribution in [1.82, 2.24) is 0 Å². The molecule has 0 bridgehead atoms. The fourth-order valence-electron chi connectivity index (χ4n) is 3.54. The summed E-state index contributed by atoms with van der Waals surface area (Å²) in [6.07, 6.45) is 0.420. The number of hydrogen-bond donors (Lipinski definition) is 2. The number of fused-ring (bicyclic) bond motifs is 3. The maximum Gasteiger partial charge on any atom is 0.351 e. The minimum absolute atomic E-state index is 0.116. The number of halogens is 1. The molecule has 1 aliphatic heterocycles. The van der Waals surface area contributed by atoms with Crippen LogP contribution in [0.15, 0.2) is 78.9 Å². The fourth-order valence-corrected chi connectivity index (χ4v) is 3.54. The van der Waals surface area contributed by atoms with Gasteiger partial charge in [0.05, 0.1) is 25.3 Å². The Kier molecular flexibility index (Phi) is 8.33. The number of ether oxygens (including phenoxy) is 1. The Balaban J connectivity index is 0.000000327. The van der Waals surface area contributed by atoms with E-state index in [2.05, 4.69) is 17.9 Å². The van der Waals surface area contributed by atoms with Crippen molar-refractivity contribution >= 4 is 23.5 Å². The van der Waals surface area contributed by atoms with Crippen LogP contribution in [0.4, 0.5) is 10.1 Å². The largest absolute Gasteiger partial charge is 0.478 e. The first kappa shape index (κ1) is 25.6. The lowest BCUT2D eigenvalue weighted by molar-refractivity contribution is -0.155. The van der Waals surface area contributed by atoms with Crippen LogP contribution in [-0.4, -0.2) is 41.7 Å². The Morgan fingerprint density at radius 2 is 1.60 bits per heavy atom. The second kappa shape index (κ2) is 11.4. The smallest absolute Gasteiger partial charge is 0.351 e. The Labute approximate surface area is 202 Å². The van der Waals surface area contributed by atoms with Gasteiger partial charge < -0.3 is 20.5 Å². The van der Waals surface area contributed by atoms with E-state index in [1.807, 2.05) is 71.6 Å². The number of carbonyl (C=O) groups is 3. The first-order chi connectivity index (χ1) is 16.7. The average molecular weight is 479 g/mol. The summed E-state index contributed by atoms with van der Waals surface area (Å²) in [4.78, 5) is 34.5. The molecule has 7 nitrogen and oxygen atoms in total. The van der Waals surface area contributed by atoms with E-state index in [4.69, 9.17) is 9.84 Å². The predicted molar refractivity (Wildman–Crippen MR) is 130 cm³/mol. The van der Waals surface area contributed by atoms with Gasteiger partial charge in [0.15, 0.2) is 0 Å². The van der Waals surface area contributed by atoms with Crippen LogP contribution in [0, 0.1) is 0 Å². The minimum atomic E-state index is -2.94. The van der Waals surface area contributed by atoms with Crippen LogP contribution in [0.3, 0.4) is 0 Å². The zero-order chi connectivity index (χ0) is 25.4. The SMILES string of the molecule is CC(F)(C(N)=O)C(=O)O.O=C1Cc2ccccc2-c2ccccc2N1CCOCc1ccccc1. The summed E-state index contributed by atoms with van der Waals surface area (Å²) in [6.45, 7) is 2.21. The molecule has 1 atom stereocenters. The van der Waals surface area contributed by atoms with Gasteiger partial charge >= 0.3 is 5.97 Å². The number of amides is 2. The van der Waals surface area contributed by atoms with Crippen LogP contribution in [0.1, 0.15) is 18.1 Å². The number of para-hydroxylation sites is 1. The molecule has 35 heavy (non-hydrogen) atoms. The third kappa shape index (κ3) is 6.30. The molecule has 0 radical (unpaired) electrons. The summed E-state index contributed by atoms with van der Waals surface area (Å²) < 4.78 is 18.1. The predicted octanol–water partition coefficient (Wildman–Crippen LogP) is 3.74. The molecule has 0 aromatic heterocycles. The molecule has 1 unspecified atom stereocenters. The van der Waals surface area contributed by atoms with Crippen LogP contribution < -0.4 is 10.6 Å². The maximum absolute atomic E-state index is 12.9. The van der Waals surface area contributed by atoms with E-state index in [1.54, 1.807) is 0 Å². The summed E-state index contributed by atoms with van der Waals surface area (Å²) >= 11 is 0. The lowest BCUT2D eigenvalue weighted by Gasteiger charge is -2.23. The molecule has 3 N–H and O–H groups in total. The molecule has 0 saturated carbocycles. The Morgan fingerprint density at radius 1 is 1.00 bits per heavy atom. The van der Waals surface area contributed by atoms with Crippen molar-refractivity contribution in [2.75, 3.05) is 18.1 Å². The van der Waals surface area contributed by atoms with Crippen LogP contribution in [0.25, 0.3) is 11.1 Å². The highest BCUT2D eigenvalue weighted by atomic mass is 19.1. The number of carboxylic acid groups (broad SMARTS) is 1. The number of rotatable bonds is 7. The summed E-state index contributed by atoms with van der Waals surface area (Å²) in [6, 6.07) is 26.4. The van der Waals surface area contributed by atoms with Gasteiger partial charge in [-0.2, -0.15) is 0 Å². The highest BCUT2D eigenvalue weighted by molar-refractivity contribution is 6.04. The lowest BCUT2D eigenvalue weighted by atomic mass is 9.98. The zero-order valence-corrected chi connectivity index (χ0v) is 19.3. The van der Waals surface area contributed by atoms with Crippen LogP contribution >= 0.6 is 0 Å². The summed E-state index contributed by atoms with van der Waals surface area (Å²) in [5.74, 6) is -3.24. The average Bonchev–Trinajstić information content (AvgIpc) is 2.96. The van der Waals surface area contributed by atoms with Crippen molar-refractivity contribution in [1.29, 1.82) is 0 Å². The van der Waals surface area contributed by atoms with Crippen molar-refractivity contribution in [2.24, 2.45) is 5.73 Å². The highest BCUT2D eigenvalue weighted by Gasteiger charge is 2.39. The third-order valence-electron chi connectivity index (χ3n) is 5.58. The molecule has 182 valence electrons. The molecule has 2 amide bonds. The first-order valence-corrected chi connectivity index (χ1v) is 11.0. The fraction of sp³-hybridized carbons (Fsp3) is 0.222. The number of nitrogens with zero attached hydrogens (tertiary/aromatic N) is 1. The van der Waals surface area contributed by atoms with E-state index in [0.29, 0.717) is 33.1 Å². The van der Waals surface area contributed by atoms with E-state index in [-0.39, 0.29) is 5.91 Å². The normalized spacial score (nSPS) is 13.9. The number of primary amides is 1. The maximum atomic E-state index is 12.9. The number of hydrogen-bond acceptors (Lipinski definition) is 4. The highest BCUT2D eigenvalue weighted by Crippen LogP contribution is 2.36. The molecule has 0 fully saturated rings. The Morgan fingerprint density at radius 3 is 2.23 bits per heavy atom. The molecule has 0 spiro atoms. The molecular weight excluding hydrogens is 451 g/mol. The van der Waals surface area contributed by atoms with Gasteiger partial charge in [-0.15, -0.1) is 0 Å². The molecule has 0 saturated heterocycles. The molecule has 3 aromatic rings. The number of benzene rings is 3. The molecule has 4 rings (SSSR count). The van der Waals surface area contributed by atoms with E-state index >= 15 is 0 Å². The Bertz CT molecular complexity index is 1180. The molecular formula is C27H27FN2O5. The van der Waals surface area contributed by atoms with Gasteiger partial charge in [-0.25, -0.2) is 9.18 Å². The minimum Gasteiger partial charge on any atom is -0.478 e. The molecule has 8 heteroatoms. The van der Waals surface area contributed by atoms with Crippen molar-refractivity contribution in [2.45, 2.75) is 25.6 Å². The van der Waals surface area contributed by atoms with Gasteiger partial charge in [0.25, 0.3) is 11.6 Å². The zero-order valence-electron chi connectivity index (χ0n) is 19.3. The van der Waals surface area contributed by atoms with Crippen molar-refractivity contribution in [3.63, 3.8) is 0 Å². The van der Waals surface area contributed by atoms with E-state index < -0.39 is 17.5 Å². The number of carbonyl (C=O) groups excluding carboxylic acids is 2. The molecule has 1 aliphatic rings. The molecule has 3 aromatic carbocycles. The van der Waals surface area contributed by atoms with Crippen molar-refractivity contribution < 1.29 is 28.6 Å². The van der Waals surface area contributed by atoms with Gasteiger partial charge in [-0.1, -0.05) is 72.8 Å². The lowest BCUT2D eigenvalue weighted by Crippen LogP contribution is -2.43. The number of nitrogens with two attached hydrogens (primary N) is 1. The topological polar surface area (TPSA) is 110 Å².